The summed E-state index contributed by atoms with van der Waals surface area (Å²) in [6.45, 7) is 0. The van der Waals surface area contributed by atoms with E-state index < -0.39 is 0 Å². The lowest BCUT2D eigenvalue weighted by molar-refractivity contribution is 0.663. The summed E-state index contributed by atoms with van der Waals surface area (Å²) in [5, 5.41) is 8.50. The summed E-state index contributed by atoms with van der Waals surface area (Å²) in [5.41, 5.74) is 2.95. The number of aromatic amines is 1. The van der Waals surface area contributed by atoms with Crippen LogP contribution in [0.2, 0.25) is 0 Å². The van der Waals surface area contributed by atoms with Gasteiger partial charge in [0.2, 0.25) is 0 Å². The zero-order chi connectivity index (χ0) is 12.5. The van der Waals surface area contributed by atoms with Crippen LogP contribution in [0, 0.1) is 11.3 Å². The molecule has 1 fully saturated rings. The first-order valence-corrected chi connectivity index (χ1v) is 7.69. The monoisotopic (exact) mass is 262 g/mol. The minimum Gasteiger partial charge on any atom is -0.316 e. The molecule has 0 radical (unpaired) electrons. The van der Waals surface area contributed by atoms with E-state index in [2.05, 4.69) is 4.98 Å². The van der Waals surface area contributed by atoms with Crippen molar-refractivity contribution < 1.29 is 0 Å². The molecule has 18 heavy (non-hydrogen) atoms. The molecule has 0 atom stereocenters. The van der Waals surface area contributed by atoms with E-state index in [0.29, 0.717) is 5.56 Å². The molecular formula is C14H18N2OS. The molecule has 1 aromatic heterocycles. The molecule has 3 nitrogen and oxygen atoms in total. The van der Waals surface area contributed by atoms with Crippen LogP contribution in [0.1, 0.15) is 42.4 Å². The van der Waals surface area contributed by atoms with Gasteiger partial charge in [0.15, 0.2) is 0 Å². The summed E-state index contributed by atoms with van der Waals surface area (Å²) in [6.07, 6.45) is 8.27. The van der Waals surface area contributed by atoms with Crippen LogP contribution in [-0.2, 0) is 12.8 Å². The van der Waals surface area contributed by atoms with Gasteiger partial charge in [-0.3, -0.25) is 4.79 Å². The van der Waals surface area contributed by atoms with Crippen LogP contribution in [0.3, 0.4) is 0 Å². The average molecular weight is 262 g/mol. The van der Waals surface area contributed by atoms with Crippen LogP contribution in [0.25, 0.3) is 0 Å². The molecule has 4 heteroatoms. The van der Waals surface area contributed by atoms with Gasteiger partial charge in [0.25, 0.3) is 5.56 Å². The van der Waals surface area contributed by atoms with E-state index >= 15 is 0 Å². The molecule has 96 valence electrons. The van der Waals surface area contributed by atoms with Gasteiger partial charge in [-0.25, -0.2) is 0 Å². The van der Waals surface area contributed by atoms with E-state index in [1.807, 2.05) is 11.8 Å². The van der Waals surface area contributed by atoms with Crippen LogP contribution >= 0.6 is 11.8 Å². The number of thioether (sulfide) groups is 1. The summed E-state index contributed by atoms with van der Waals surface area (Å²) in [5.74, 6) is 1.99. The minimum absolute atomic E-state index is 0.0797. The zero-order valence-corrected chi connectivity index (χ0v) is 11.2. The Morgan fingerprint density at radius 3 is 2.67 bits per heavy atom. The van der Waals surface area contributed by atoms with Crippen LogP contribution in [0.5, 0.6) is 0 Å². The second-order valence-electron chi connectivity index (χ2n) is 5.26. The molecule has 1 aromatic rings. The molecule has 2 aliphatic carbocycles. The average Bonchev–Trinajstić information content (AvgIpc) is 3.20. The van der Waals surface area contributed by atoms with E-state index in [-0.39, 0.29) is 5.56 Å². The second kappa shape index (κ2) is 4.92. The van der Waals surface area contributed by atoms with Crippen molar-refractivity contribution in [2.45, 2.75) is 43.6 Å². The van der Waals surface area contributed by atoms with Gasteiger partial charge in [-0.1, -0.05) is 0 Å². The van der Waals surface area contributed by atoms with Gasteiger partial charge in [0, 0.05) is 12.0 Å². The maximum Gasteiger partial charge on any atom is 0.257 e. The van der Waals surface area contributed by atoms with Crippen LogP contribution in [0.4, 0.5) is 0 Å². The van der Waals surface area contributed by atoms with Crippen LogP contribution < -0.4 is 5.56 Å². The van der Waals surface area contributed by atoms with E-state index in [0.717, 1.165) is 41.5 Å². The van der Waals surface area contributed by atoms with Crippen molar-refractivity contribution in [3.8, 4) is 0 Å². The molecule has 1 saturated carbocycles. The molecule has 0 saturated heterocycles. The Morgan fingerprint density at radius 2 is 2.00 bits per heavy atom. The van der Waals surface area contributed by atoms with E-state index in [9.17, 15) is 4.79 Å². The first kappa shape index (κ1) is 12.0. The fraction of sp³-hybridized carbons (Fsp3) is 0.571. The number of nitrogens with one attached hydrogen (secondary N) is 2. The van der Waals surface area contributed by atoms with Crippen LogP contribution in [0.15, 0.2) is 9.82 Å². The van der Waals surface area contributed by atoms with Crippen molar-refractivity contribution in [2.24, 2.45) is 5.92 Å². The Balaban J connectivity index is 1.99. The van der Waals surface area contributed by atoms with Gasteiger partial charge in [0.05, 0.1) is 10.6 Å². The third-order valence-electron chi connectivity index (χ3n) is 3.84. The zero-order valence-electron chi connectivity index (χ0n) is 10.4. The van der Waals surface area contributed by atoms with Gasteiger partial charge in [-0.15, -0.1) is 11.8 Å². The van der Waals surface area contributed by atoms with Gasteiger partial charge >= 0.3 is 0 Å². The maximum atomic E-state index is 12.0. The third-order valence-corrected chi connectivity index (χ3v) is 5.12. The number of fused-ring (bicyclic) bond motifs is 1. The quantitative estimate of drug-likeness (QED) is 0.647. The summed E-state index contributed by atoms with van der Waals surface area (Å²) < 4.78 is 0. The van der Waals surface area contributed by atoms with Crippen molar-refractivity contribution in [3.05, 3.63) is 27.0 Å². The lowest BCUT2D eigenvalue weighted by Gasteiger charge is -2.20. The molecule has 0 bridgehead atoms. The van der Waals surface area contributed by atoms with Crippen molar-refractivity contribution in [1.82, 2.24) is 4.98 Å². The normalized spacial score (nSPS) is 18.4. The topological polar surface area (TPSA) is 56.7 Å². The summed E-state index contributed by atoms with van der Waals surface area (Å²) in [7, 11) is 0. The molecule has 0 aromatic carbocycles. The largest absolute Gasteiger partial charge is 0.316 e. The lowest BCUT2D eigenvalue weighted by Crippen LogP contribution is -2.21. The molecule has 0 aliphatic heterocycles. The van der Waals surface area contributed by atoms with Gasteiger partial charge in [-0.05, 0) is 55.6 Å². The number of hydrogen-bond acceptors (Lipinski definition) is 3. The van der Waals surface area contributed by atoms with E-state index in [4.69, 9.17) is 5.41 Å². The first-order valence-electron chi connectivity index (χ1n) is 6.71. The highest BCUT2D eigenvalue weighted by Crippen LogP contribution is 2.37. The Morgan fingerprint density at radius 1 is 1.28 bits per heavy atom. The third kappa shape index (κ3) is 2.26. The van der Waals surface area contributed by atoms with Gasteiger partial charge in [0.1, 0.15) is 0 Å². The Bertz CT molecular complexity index is 531. The van der Waals surface area contributed by atoms with Crippen molar-refractivity contribution in [1.29, 1.82) is 5.41 Å². The Labute approximate surface area is 111 Å². The number of rotatable bonds is 4. The van der Waals surface area contributed by atoms with Crippen molar-refractivity contribution in [3.63, 3.8) is 0 Å². The van der Waals surface area contributed by atoms with Gasteiger partial charge in [-0.2, -0.15) is 0 Å². The molecule has 0 amide bonds. The van der Waals surface area contributed by atoms with E-state index in [1.165, 1.54) is 31.0 Å². The highest BCUT2D eigenvalue weighted by molar-refractivity contribution is 7.99. The molecule has 2 N–H and O–H groups in total. The standard InChI is InChI=1S/C14H18N2OS/c15-7-12-10-3-1-2-4-11(10)14(16-13(12)17)18-8-9-5-6-9/h7,9,15H,1-6,8H2,(H,16,17). The molecule has 0 unspecified atom stereocenters. The highest BCUT2D eigenvalue weighted by atomic mass is 32.2. The minimum atomic E-state index is -0.0797. The van der Waals surface area contributed by atoms with Crippen molar-refractivity contribution >= 4 is 18.0 Å². The number of pyridine rings is 1. The SMILES string of the molecule is N=Cc1c2c(c(SCC3CC3)[nH]c1=O)CCCC2. The molecule has 2 aliphatic rings. The number of aromatic nitrogens is 1. The first-order chi connectivity index (χ1) is 8.79. The van der Waals surface area contributed by atoms with Crippen LogP contribution in [-0.4, -0.2) is 17.0 Å². The van der Waals surface area contributed by atoms with Gasteiger partial charge < -0.3 is 10.4 Å². The fourth-order valence-electron chi connectivity index (χ4n) is 2.60. The Kier molecular flexibility index (Phi) is 3.29. The molecule has 3 rings (SSSR count). The Hall–Kier alpha value is -1.03. The van der Waals surface area contributed by atoms with E-state index in [1.54, 1.807) is 0 Å². The molecule has 1 heterocycles. The highest BCUT2D eigenvalue weighted by Gasteiger charge is 2.24. The molecular weight excluding hydrogens is 244 g/mol. The lowest BCUT2D eigenvalue weighted by atomic mass is 9.90. The fourth-order valence-corrected chi connectivity index (χ4v) is 3.90. The maximum absolute atomic E-state index is 12.0. The summed E-state index contributed by atoms with van der Waals surface area (Å²) in [4.78, 5) is 15.0. The second-order valence-corrected chi connectivity index (χ2v) is 6.29. The number of hydrogen-bond donors (Lipinski definition) is 2. The summed E-state index contributed by atoms with van der Waals surface area (Å²) >= 11 is 1.81. The molecule has 0 spiro atoms. The van der Waals surface area contributed by atoms with Crippen molar-refractivity contribution in [2.75, 3.05) is 5.75 Å². The predicted octanol–water partition coefficient (Wildman–Crippen LogP) is 2.75. The smallest absolute Gasteiger partial charge is 0.257 e. The summed E-state index contributed by atoms with van der Waals surface area (Å²) in [6, 6.07) is 0. The number of H-pyrrole nitrogens is 1. The predicted molar refractivity (Wildman–Crippen MR) is 75.0 cm³/mol.